The number of amides is 1. The number of carboxylic acid groups (broad SMARTS) is 1. The predicted molar refractivity (Wildman–Crippen MR) is 80.1 cm³/mol. The maximum absolute atomic E-state index is 12.5. The van der Waals surface area contributed by atoms with E-state index < -0.39 is 11.4 Å². The van der Waals surface area contributed by atoms with Crippen LogP contribution in [0, 0.1) is 5.41 Å². The van der Waals surface area contributed by atoms with Crippen molar-refractivity contribution >= 4 is 11.9 Å². The zero-order chi connectivity index (χ0) is 16.2. The van der Waals surface area contributed by atoms with E-state index in [4.69, 9.17) is 9.47 Å². The molecule has 0 saturated carbocycles. The Morgan fingerprint density at radius 1 is 1.36 bits per heavy atom. The number of methoxy groups -OCH3 is 1. The van der Waals surface area contributed by atoms with Gasteiger partial charge in [0.25, 0.3) is 5.91 Å². The summed E-state index contributed by atoms with van der Waals surface area (Å²) in [5.74, 6) is -0.426. The van der Waals surface area contributed by atoms with Gasteiger partial charge >= 0.3 is 5.97 Å². The van der Waals surface area contributed by atoms with Crippen molar-refractivity contribution in [3.05, 3.63) is 29.8 Å². The third-order valence-electron chi connectivity index (χ3n) is 3.91. The van der Waals surface area contributed by atoms with Crippen LogP contribution in [0.5, 0.6) is 5.75 Å². The number of rotatable bonds is 6. The highest BCUT2D eigenvalue weighted by Crippen LogP contribution is 2.31. The van der Waals surface area contributed by atoms with Gasteiger partial charge in [0.2, 0.25) is 0 Å². The van der Waals surface area contributed by atoms with Gasteiger partial charge in [-0.15, -0.1) is 0 Å². The molecule has 0 bridgehead atoms. The molecule has 1 heterocycles. The van der Waals surface area contributed by atoms with Gasteiger partial charge in [0.1, 0.15) is 12.4 Å². The monoisotopic (exact) mass is 307 g/mol. The summed E-state index contributed by atoms with van der Waals surface area (Å²) in [6.45, 7) is 3.25. The second-order valence-electron chi connectivity index (χ2n) is 5.71. The fraction of sp³-hybridized carbons (Fsp3) is 0.500. The van der Waals surface area contributed by atoms with Gasteiger partial charge in [-0.3, -0.25) is 9.59 Å². The highest BCUT2D eigenvalue weighted by Gasteiger charge is 2.42. The largest absolute Gasteiger partial charge is 0.491 e. The molecule has 1 amide bonds. The van der Waals surface area contributed by atoms with E-state index in [9.17, 15) is 14.7 Å². The van der Waals surface area contributed by atoms with Crippen molar-refractivity contribution in [2.45, 2.75) is 13.3 Å². The molecule has 2 rings (SSSR count). The molecule has 0 spiro atoms. The molecule has 0 radical (unpaired) electrons. The van der Waals surface area contributed by atoms with Crippen LogP contribution in [0.15, 0.2) is 24.3 Å². The summed E-state index contributed by atoms with van der Waals surface area (Å²) in [6, 6.07) is 6.91. The van der Waals surface area contributed by atoms with Crippen LogP contribution in [0.3, 0.4) is 0 Å². The molecular weight excluding hydrogens is 286 g/mol. The first-order valence-electron chi connectivity index (χ1n) is 7.21. The number of nitrogens with zero attached hydrogens (tertiary/aromatic N) is 1. The summed E-state index contributed by atoms with van der Waals surface area (Å²) < 4.78 is 10.4. The Balaban J connectivity index is 2.04. The van der Waals surface area contributed by atoms with Gasteiger partial charge in [-0.05, 0) is 31.5 Å². The van der Waals surface area contributed by atoms with E-state index in [0.717, 1.165) is 0 Å². The van der Waals surface area contributed by atoms with Crippen LogP contribution in [-0.2, 0) is 9.53 Å². The fourth-order valence-corrected chi connectivity index (χ4v) is 2.45. The Kier molecular flexibility index (Phi) is 5.03. The lowest BCUT2D eigenvalue weighted by Crippen LogP contribution is -2.34. The first kappa shape index (κ1) is 16.3. The van der Waals surface area contributed by atoms with Crippen molar-refractivity contribution in [2.24, 2.45) is 5.41 Å². The molecule has 1 aromatic carbocycles. The number of carbonyl (C=O) groups is 2. The predicted octanol–water partition coefficient (Wildman–Crippen LogP) is 1.65. The zero-order valence-electron chi connectivity index (χ0n) is 12.9. The van der Waals surface area contributed by atoms with Crippen molar-refractivity contribution in [3.63, 3.8) is 0 Å². The topological polar surface area (TPSA) is 76.1 Å². The summed E-state index contributed by atoms with van der Waals surface area (Å²) in [7, 11) is 1.59. The van der Waals surface area contributed by atoms with Crippen LogP contribution in [0.2, 0.25) is 0 Å². The fourth-order valence-electron chi connectivity index (χ4n) is 2.45. The number of likely N-dealkylation sites (tertiary alicyclic amines) is 1. The van der Waals surface area contributed by atoms with Crippen molar-refractivity contribution < 1.29 is 24.2 Å². The molecule has 6 heteroatoms. The summed E-state index contributed by atoms with van der Waals surface area (Å²) in [4.78, 5) is 25.3. The van der Waals surface area contributed by atoms with E-state index in [-0.39, 0.29) is 12.5 Å². The smallest absolute Gasteiger partial charge is 0.311 e. The molecule has 1 aliphatic rings. The minimum Gasteiger partial charge on any atom is -0.491 e. The molecule has 120 valence electrons. The molecule has 1 N–H and O–H groups in total. The number of hydrogen-bond donors (Lipinski definition) is 1. The van der Waals surface area contributed by atoms with Crippen LogP contribution < -0.4 is 4.74 Å². The molecule has 0 unspecified atom stereocenters. The normalized spacial score (nSPS) is 20.9. The molecule has 1 fully saturated rings. The van der Waals surface area contributed by atoms with E-state index in [1.54, 1.807) is 43.2 Å². The second-order valence-corrected chi connectivity index (χ2v) is 5.71. The minimum absolute atomic E-state index is 0.165. The number of carbonyl (C=O) groups excluding carboxylic acids is 1. The molecule has 22 heavy (non-hydrogen) atoms. The minimum atomic E-state index is -0.862. The van der Waals surface area contributed by atoms with Gasteiger partial charge in [0, 0.05) is 25.8 Å². The average molecular weight is 307 g/mol. The van der Waals surface area contributed by atoms with E-state index in [0.29, 0.717) is 37.5 Å². The first-order chi connectivity index (χ1) is 10.5. The highest BCUT2D eigenvalue weighted by molar-refractivity contribution is 5.95. The molecule has 1 aromatic rings. The molecular formula is C16H21NO5. The Hall–Kier alpha value is -2.08. The summed E-state index contributed by atoms with van der Waals surface area (Å²) >= 11 is 0. The summed E-state index contributed by atoms with van der Waals surface area (Å²) in [6.07, 6.45) is 0.470. The third kappa shape index (κ3) is 3.57. The van der Waals surface area contributed by atoms with Crippen LogP contribution in [-0.4, -0.2) is 55.3 Å². The van der Waals surface area contributed by atoms with Gasteiger partial charge in [0.15, 0.2) is 0 Å². The van der Waals surface area contributed by atoms with Gasteiger partial charge in [0.05, 0.1) is 12.0 Å². The van der Waals surface area contributed by atoms with Gasteiger partial charge in [-0.1, -0.05) is 6.07 Å². The van der Waals surface area contributed by atoms with Crippen LogP contribution >= 0.6 is 0 Å². The van der Waals surface area contributed by atoms with Crippen molar-refractivity contribution in [3.8, 4) is 5.75 Å². The second kappa shape index (κ2) is 6.79. The summed E-state index contributed by atoms with van der Waals surface area (Å²) in [5, 5.41) is 9.24. The number of benzene rings is 1. The molecule has 1 aliphatic heterocycles. The van der Waals surface area contributed by atoms with E-state index in [2.05, 4.69) is 0 Å². The zero-order valence-corrected chi connectivity index (χ0v) is 12.9. The van der Waals surface area contributed by atoms with Crippen molar-refractivity contribution in [1.82, 2.24) is 4.90 Å². The lowest BCUT2D eigenvalue weighted by atomic mass is 9.90. The number of hydrogen-bond acceptors (Lipinski definition) is 4. The van der Waals surface area contributed by atoms with Gasteiger partial charge < -0.3 is 19.5 Å². The van der Waals surface area contributed by atoms with Gasteiger partial charge in [-0.2, -0.15) is 0 Å². The number of ether oxygens (including phenoxy) is 2. The van der Waals surface area contributed by atoms with Crippen molar-refractivity contribution in [1.29, 1.82) is 0 Å². The standard InChI is InChI=1S/C16H21NO5/c1-16(15(19)20)6-7-17(11-16)14(18)12-4-3-5-13(10-12)22-9-8-21-2/h3-5,10H,6-9,11H2,1-2H3,(H,19,20)/t16-/m1/s1. The Morgan fingerprint density at radius 3 is 2.77 bits per heavy atom. The molecule has 6 nitrogen and oxygen atoms in total. The van der Waals surface area contributed by atoms with E-state index >= 15 is 0 Å². The molecule has 0 aliphatic carbocycles. The van der Waals surface area contributed by atoms with Crippen LogP contribution in [0.1, 0.15) is 23.7 Å². The molecule has 0 aromatic heterocycles. The SMILES string of the molecule is COCCOc1cccc(C(=O)N2CC[C@@](C)(C(=O)O)C2)c1. The number of carboxylic acids is 1. The van der Waals surface area contributed by atoms with Crippen molar-refractivity contribution in [2.75, 3.05) is 33.4 Å². The van der Waals surface area contributed by atoms with Crippen LogP contribution in [0.25, 0.3) is 0 Å². The third-order valence-corrected chi connectivity index (χ3v) is 3.91. The van der Waals surface area contributed by atoms with E-state index in [1.165, 1.54) is 0 Å². The van der Waals surface area contributed by atoms with E-state index in [1.807, 2.05) is 0 Å². The maximum Gasteiger partial charge on any atom is 0.311 e. The Labute approximate surface area is 129 Å². The molecule has 1 atom stereocenters. The quantitative estimate of drug-likeness (QED) is 0.809. The summed E-state index contributed by atoms with van der Waals surface area (Å²) in [5.41, 5.74) is -0.355. The molecule has 1 saturated heterocycles. The number of aliphatic carboxylic acids is 1. The average Bonchev–Trinajstić information content (AvgIpc) is 2.91. The Morgan fingerprint density at radius 2 is 2.14 bits per heavy atom. The Bertz CT molecular complexity index is 559. The van der Waals surface area contributed by atoms with Gasteiger partial charge in [-0.25, -0.2) is 0 Å². The lowest BCUT2D eigenvalue weighted by molar-refractivity contribution is -0.147. The maximum atomic E-state index is 12.5. The lowest BCUT2D eigenvalue weighted by Gasteiger charge is -2.20. The van der Waals surface area contributed by atoms with Crippen LogP contribution in [0.4, 0.5) is 0 Å². The first-order valence-corrected chi connectivity index (χ1v) is 7.21. The highest BCUT2D eigenvalue weighted by atomic mass is 16.5.